The van der Waals surface area contributed by atoms with Gasteiger partial charge in [-0.1, -0.05) is 108 Å². The van der Waals surface area contributed by atoms with Crippen LogP contribution < -0.4 is 4.74 Å². The first-order valence-corrected chi connectivity index (χ1v) is 15.6. The third-order valence-electron chi connectivity index (χ3n) is 7.35. The Bertz CT molecular complexity index is 1560. The van der Waals surface area contributed by atoms with Gasteiger partial charge in [-0.05, 0) is 60.0 Å². The molecule has 5 aromatic rings. The molecule has 0 bridgehead atoms. The van der Waals surface area contributed by atoms with Crippen molar-refractivity contribution in [3.63, 3.8) is 0 Å². The van der Waals surface area contributed by atoms with Crippen molar-refractivity contribution in [1.82, 2.24) is 9.55 Å². The largest absolute Gasteiger partial charge is 0.493 e. The van der Waals surface area contributed by atoms with Gasteiger partial charge in [0.25, 0.3) is 0 Å². The first-order valence-electron chi connectivity index (χ1n) is 14.0. The average molecular weight is 636 g/mol. The maximum Gasteiger partial charge on any atom is 0.144 e. The molecule has 5 rings (SSSR count). The van der Waals surface area contributed by atoms with Gasteiger partial charge in [0.2, 0.25) is 0 Å². The molecule has 3 nitrogen and oxygen atoms in total. The van der Waals surface area contributed by atoms with Crippen LogP contribution in [-0.4, -0.2) is 16.2 Å². The molecule has 0 aliphatic carbocycles. The van der Waals surface area contributed by atoms with E-state index in [0.29, 0.717) is 0 Å². The standard InChI is InChI=1S/C33H36Br2N2O/c1-3-5-7-11-19-37-32-29-22-24(35)16-18-26(29)25-17-15-23(34)21-28(25)31(32)36-33(37)27-13-9-10-14-30(27)38-20-12-8-6-4-2/h9-10,13-18,21-22H,3-8,11-12,19-20H2,1-2H3. The van der Waals surface area contributed by atoms with Crippen LogP contribution in [0.1, 0.15) is 65.2 Å². The number of fused-ring (bicyclic) bond motifs is 6. The summed E-state index contributed by atoms with van der Waals surface area (Å²) in [7, 11) is 0. The molecular formula is C33H36Br2N2O. The highest BCUT2D eigenvalue weighted by molar-refractivity contribution is 9.10. The minimum atomic E-state index is 0.736. The molecule has 0 atom stereocenters. The number of hydrogen-bond acceptors (Lipinski definition) is 2. The number of rotatable bonds is 12. The fourth-order valence-corrected chi connectivity index (χ4v) is 6.14. The van der Waals surface area contributed by atoms with E-state index in [4.69, 9.17) is 9.72 Å². The van der Waals surface area contributed by atoms with E-state index in [0.717, 1.165) is 57.6 Å². The SMILES string of the molecule is CCCCCCOc1ccccc1-c1nc2c3cc(Br)ccc3c3ccc(Br)cc3c2n1CCCCCC. The smallest absolute Gasteiger partial charge is 0.144 e. The third kappa shape index (κ3) is 5.65. The summed E-state index contributed by atoms with van der Waals surface area (Å²) in [6.07, 6.45) is 9.58. The van der Waals surface area contributed by atoms with E-state index in [2.05, 4.69) is 111 Å². The van der Waals surface area contributed by atoms with E-state index in [1.807, 2.05) is 0 Å². The number of imidazole rings is 1. The number of aromatic nitrogens is 2. The molecule has 0 unspecified atom stereocenters. The Kier molecular flexibility index (Phi) is 9.06. The predicted molar refractivity (Wildman–Crippen MR) is 169 cm³/mol. The second kappa shape index (κ2) is 12.7. The second-order valence-corrected chi connectivity index (χ2v) is 12.0. The lowest BCUT2D eigenvalue weighted by molar-refractivity contribution is 0.306. The van der Waals surface area contributed by atoms with Crippen molar-refractivity contribution in [3.8, 4) is 17.1 Å². The number of benzene rings is 4. The zero-order valence-corrected chi connectivity index (χ0v) is 25.6. The van der Waals surface area contributed by atoms with Crippen LogP contribution in [0.3, 0.4) is 0 Å². The van der Waals surface area contributed by atoms with Gasteiger partial charge in [-0.15, -0.1) is 0 Å². The molecule has 4 aromatic carbocycles. The minimum absolute atomic E-state index is 0.736. The van der Waals surface area contributed by atoms with Gasteiger partial charge in [0.15, 0.2) is 0 Å². The van der Waals surface area contributed by atoms with Crippen LogP contribution in [0.15, 0.2) is 69.6 Å². The zero-order chi connectivity index (χ0) is 26.5. The molecule has 0 aliphatic heterocycles. The molecule has 0 saturated heterocycles. The first-order chi connectivity index (χ1) is 18.6. The Morgan fingerprint density at radius 3 is 2.11 bits per heavy atom. The molecule has 1 heterocycles. The summed E-state index contributed by atoms with van der Waals surface area (Å²) in [5.74, 6) is 1.92. The molecule has 0 amide bonds. The molecule has 0 N–H and O–H groups in total. The maximum absolute atomic E-state index is 6.38. The van der Waals surface area contributed by atoms with Gasteiger partial charge in [-0.25, -0.2) is 4.98 Å². The molecule has 0 spiro atoms. The van der Waals surface area contributed by atoms with Gasteiger partial charge in [0, 0.05) is 26.3 Å². The van der Waals surface area contributed by atoms with Gasteiger partial charge in [-0.3, -0.25) is 0 Å². The monoisotopic (exact) mass is 634 g/mol. The topological polar surface area (TPSA) is 27.1 Å². The summed E-state index contributed by atoms with van der Waals surface area (Å²) in [5, 5.41) is 4.89. The molecule has 0 aliphatic rings. The number of ether oxygens (including phenoxy) is 1. The maximum atomic E-state index is 6.38. The molecule has 0 fully saturated rings. The van der Waals surface area contributed by atoms with Crippen molar-refractivity contribution >= 4 is 64.4 Å². The molecule has 38 heavy (non-hydrogen) atoms. The van der Waals surface area contributed by atoms with E-state index >= 15 is 0 Å². The minimum Gasteiger partial charge on any atom is -0.493 e. The van der Waals surface area contributed by atoms with Crippen molar-refractivity contribution in [2.24, 2.45) is 0 Å². The lowest BCUT2D eigenvalue weighted by Gasteiger charge is -2.15. The Balaban J connectivity index is 1.73. The summed E-state index contributed by atoms with van der Waals surface area (Å²) in [4.78, 5) is 5.40. The number of nitrogens with zero attached hydrogens (tertiary/aromatic N) is 2. The van der Waals surface area contributed by atoms with E-state index in [-0.39, 0.29) is 0 Å². The highest BCUT2D eigenvalue weighted by Crippen LogP contribution is 2.41. The highest BCUT2D eigenvalue weighted by Gasteiger charge is 2.21. The molecule has 0 saturated carbocycles. The van der Waals surface area contributed by atoms with Crippen LogP contribution in [0.5, 0.6) is 5.75 Å². The summed E-state index contributed by atoms with van der Waals surface area (Å²) in [6.45, 7) is 6.17. The van der Waals surface area contributed by atoms with E-state index in [9.17, 15) is 0 Å². The van der Waals surface area contributed by atoms with Crippen molar-refractivity contribution in [1.29, 1.82) is 0 Å². The van der Waals surface area contributed by atoms with Crippen LogP contribution in [-0.2, 0) is 6.54 Å². The van der Waals surface area contributed by atoms with E-state index in [1.54, 1.807) is 0 Å². The lowest BCUT2D eigenvalue weighted by atomic mass is 10.00. The Morgan fingerprint density at radius 2 is 1.37 bits per heavy atom. The summed E-state index contributed by atoms with van der Waals surface area (Å²) in [6, 6.07) is 21.6. The van der Waals surface area contributed by atoms with Gasteiger partial charge in [0.05, 0.1) is 23.2 Å². The Morgan fingerprint density at radius 1 is 0.711 bits per heavy atom. The summed E-state index contributed by atoms with van der Waals surface area (Å²) < 4.78 is 11.0. The molecular weight excluding hydrogens is 600 g/mol. The van der Waals surface area contributed by atoms with Gasteiger partial charge < -0.3 is 9.30 Å². The van der Waals surface area contributed by atoms with Crippen LogP contribution in [0, 0.1) is 0 Å². The van der Waals surface area contributed by atoms with Crippen LogP contribution in [0.25, 0.3) is 44.0 Å². The van der Waals surface area contributed by atoms with Crippen molar-refractivity contribution < 1.29 is 4.74 Å². The van der Waals surface area contributed by atoms with Gasteiger partial charge >= 0.3 is 0 Å². The van der Waals surface area contributed by atoms with Gasteiger partial charge in [-0.2, -0.15) is 0 Å². The Labute approximate surface area is 242 Å². The molecule has 1 aromatic heterocycles. The van der Waals surface area contributed by atoms with E-state index in [1.165, 1.54) is 65.6 Å². The third-order valence-corrected chi connectivity index (χ3v) is 8.34. The van der Waals surface area contributed by atoms with Crippen molar-refractivity contribution in [2.45, 2.75) is 71.8 Å². The Hall–Kier alpha value is -2.37. The number of aryl methyl sites for hydroxylation is 1. The zero-order valence-electron chi connectivity index (χ0n) is 22.4. The predicted octanol–water partition coefficient (Wildman–Crippen LogP) is 11.1. The quantitative estimate of drug-likeness (QED) is 0.101. The summed E-state index contributed by atoms with van der Waals surface area (Å²) >= 11 is 7.46. The second-order valence-electron chi connectivity index (χ2n) is 10.1. The number of halogens is 2. The fraction of sp³-hybridized carbons (Fsp3) is 0.364. The summed E-state index contributed by atoms with van der Waals surface area (Å²) in [5.41, 5.74) is 3.33. The normalized spacial score (nSPS) is 11.7. The number of unbranched alkanes of at least 4 members (excludes halogenated alkanes) is 6. The first kappa shape index (κ1) is 27.2. The molecule has 5 heteroatoms. The van der Waals surface area contributed by atoms with Gasteiger partial charge in [0.1, 0.15) is 11.6 Å². The highest BCUT2D eigenvalue weighted by atomic mass is 79.9. The average Bonchev–Trinajstić information content (AvgIpc) is 3.31. The fourth-order valence-electron chi connectivity index (χ4n) is 5.42. The van der Waals surface area contributed by atoms with Crippen molar-refractivity contribution in [2.75, 3.05) is 6.61 Å². The number of hydrogen-bond donors (Lipinski definition) is 0. The van der Waals surface area contributed by atoms with E-state index < -0.39 is 0 Å². The molecule has 198 valence electrons. The molecule has 0 radical (unpaired) electrons. The van der Waals surface area contributed by atoms with Crippen LogP contribution in [0.2, 0.25) is 0 Å². The lowest BCUT2D eigenvalue weighted by Crippen LogP contribution is -2.04. The van der Waals surface area contributed by atoms with Crippen LogP contribution in [0.4, 0.5) is 0 Å². The number of para-hydroxylation sites is 1. The van der Waals surface area contributed by atoms with Crippen molar-refractivity contribution in [3.05, 3.63) is 69.6 Å². The van der Waals surface area contributed by atoms with Crippen LogP contribution >= 0.6 is 31.9 Å².